The predicted octanol–water partition coefficient (Wildman–Crippen LogP) is 2.68. The molecule has 0 bridgehead atoms. The van der Waals surface area contributed by atoms with E-state index < -0.39 is 24.3 Å². The fourth-order valence-electron chi connectivity index (χ4n) is 4.94. The summed E-state index contributed by atoms with van der Waals surface area (Å²) in [6, 6.07) is 3.86. The average molecular weight is 519 g/mol. The van der Waals surface area contributed by atoms with Gasteiger partial charge in [0.15, 0.2) is 5.65 Å². The molecular formula is C23H25F3N8O3. The fraction of sp³-hybridized carbons (Fsp3) is 0.435. The van der Waals surface area contributed by atoms with Crippen LogP contribution in [0, 0.1) is 0 Å². The third kappa shape index (κ3) is 4.95. The molecular weight excluding hydrogens is 493 g/mol. The van der Waals surface area contributed by atoms with Crippen LogP contribution in [0.2, 0.25) is 0 Å². The largest absolute Gasteiger partial charge is 0.406 e. The molecule has 2 N–H and O–H groups in total. The van der Waals surface area contributed by atoms with E-state index in [4.69, 9.17) is 0 Å². The molecule has 1 atom stereocenters. The zero-order chi connectivity index (χ0) is 26.3. The maximum absolute atomic E-state index is 13.2. The van der Waals surface area contributed by atoms with Gasteiger partial charge in [-0.15, -0.1) is 0 Å². The lowest BCUT2D eigenvalue weighted by Crippen LogP contribution is -2.43. The van der Waals surface area contributed by atoms with Crippen LogP contribution in [-0.4, -0.2) is 67.6 Å². The second kappa shape index (κ2) is 9.41. The standard InChI is InChI=1S/C23H25F3N8O3/c1-31-17(4-8-28-31)14-11-16(20(35)33(12-14)13-23(24,25)26)29-21(36)32-9-5-15(6-10-32)34-18-3-2-7-27-19(18)30-22(34)37/h2-3,7-8,11-12,15,17H,4-6,9-10,13H2,1H3,(H,29,36)(H,27,30,37). The smallest absolute Gasteiger partial charge is 0.324 e. The molecule has 0 aromatic carbocycles. The summed E-state index contributed by atoms with van der Waals surface area (Å²) in [7, 11) is 1.69. The van der Waals surface area contributed by atoms with Crippen molar-refractivity contribution >= 4 is 29.1 Å². The van der Waals surface area contributed by atoms with Gasteiger partial charge in [-0.3, -0.25) is 19.4 Å². The number of halogens is 3. The van der Waals surface area contributed by atoms with Crippen molar-refractivity contribution in [1.29, 1.82) is 0 Å². The number of hydrogen-bond acceptors (Lipinski definition) is 6. The van der Waals surface area contributed by atoms with Crippen LogP contribution in [0.4, 0.5) is 23.7 Å². The SMILES string of the molecule is CN1N=CCC1c1cc(NC(=O)N2CCC(n3c(=O)[nH]c4ncccc43)CC2)c(=O)n(CC(F)(F)F)c1. The Labute approximate surface area is 208 Å². The summed E-state index contributed by atoms with van der Waals surface area (Å²) >= 11 is 0. The molecule has 196 valence electrons. The lowest BCUT2D eigenvalue weighted by atomic mass is 10.0. The maximum atomic E-state index is 13.2. The number of likely N-dealkylation sites (tertiary alicyclic amines) is 1. The van der Waals surface area contributed by atoms with Crippen molar-refractivity contribution in [3.05, 3.63) is 57.0 Å². The van der Waals surface area contributed by atoms with E-state index in [1.807, 2.05) is 0 Å². The zero-order valence-electron chi connectivity index (χ0n) is 19.9. The third-order valence-corrected chi connectivity index (χ3v) is 6.73. The van der Waals surface area contributed by atoms with E-state index in [2.05, 4.69) is 20.4 Å². The number of rotatable bonds is 4. The van der Waals surface area contributed by atoms with Crippen molar-refractivity contribution in [1.82, 2.24) is 29.0 Å². The minimum Gasteiger partial charge on any atom is -0.324 e. The summed E-state index contributed by atoms with van der Waals surface area (Å²) < 4.78 is 41.7. The highest BCUT2D eigenvalue weighted by atomic mass is 19.4. The van der Waals surface area contributed by atoms with Crippen LogP contribution in [0.3, 0.4) is 0 Å². The highest BCUT2D eigenvalue weighted by molar-refractivity contribution is 5.89. The number of anilines is 1. The van der Waals surface area contributed by atoms with Gasteiger partial charge < -0.3 is 14.8 Å². The molecule has 2 aliphatic rings. The van der Waals surface area contributed by atoms with E-state index in [0.29, 0.717) is 53.6 Å². The lowest BCUT2D eigenvalue weighted by molar-refractivity contribution is -0.141. The Hall–Kier alpha value is -4.10. The Bertz CT molecular complexity index is 1470. The van der Waals surface area contributed by atoms with Crippen LogP contribution < -0.4 is 16.6 Å². The van der Waals surface area contributed by atoms with Crippen molar-refractivity contribution in [2.24, 2.45) is 5.10 Å². The number of piperidine rings is 1. The van der Waals surface area contributed by atoms with Crippen LogP contribution in [-0.2, 0) is 6.54 Å². The van der Waals surface area contributed by atoms with Crippen molar-refractivity contribution in [3.8, 4) is 0 Å². The molecule has 1 unspecified atom stereocenters. The Morgan fingerprint density at radius 2 is 2.00 bits per heavy atom. The van der Waals surface area contributed by atoms with Crippen LogP contribution in [0.5, 0.6) is 0 Å². The van der Waals surface area contributed by atoms with Gasteiger partial charge in [0.1, 0.15) is 12.2 Å². The number of H-pyrrole nitrogens is 1. The molecule has 5 heterocycles. The Morgan fingerprint density at radius 3 is 2.68 bits per heavy atom. The van der Waals surface area contributed by atoms with Crippen molar-refractivity contribution < 1.29 is 18.0 Å². The maximum Gasteiger partial charge on any atom is 0.406 e. The number of urea groups is 1. The van der Waals surface area contributed by atoms with Crippen molar-refractivity contribution in [2.45, 2.75) is 44.1 Å². The van der Waals surface area contributed by atoms with E-state index in [1.165, 1.54) is 17.2 Å². The summed E-state index contributed by atoms with van der Waals surface area (Å²) in [4.78, 5) is 46.7. The number of amides is 2. The van der Waals surface area contributed by atoms with Gasteiger partial charge in [-0.05, 0) is 36.6 Å². The molecule has 0 spiro atoms. The van der Waals surface area contributed by atoms with Gasteiger partial charge >= 0.3 is 17.9 Å². The molecule has 14 heteroatoms. The number of aromatic nitrogens is 4. The van der Waals surface area contributed by atoms with Crippen molar-refractivity contribution in [3.63, 3.8) is 0 Å². The second-order valence-corrected chi connectivity index (χ2v) is 9.18. The molecule has 1 fully saturated rings. The van der Waals surface area contributed by atoms with E-state index in [1.54, 1.807) is 41.2 Å². The number of imidazole rings is 1. The third-order valence-electron chi connectivity index (χ3n) is 6.73. The predicted molar refractivity (Wildman–Crippen MR) is 130 cm³/mol. The van der Waals surface area contributed by atoms with Gasteiger partial charge in [0.05, 0.1) is 11.6 Å². The number of nitrogens with zero attached hydrogens (tertiary/aromatic N) is 6. The summed E-state index contributed by atoms with van der Waals surface area (Å²) in [5, 5.41) is 8.22. The average Bonchev–Trinajstić information content (AvgIpc) is 3.42. The first-order valence-electron chi connectivity index (χ1n) is 11.8. The summed E-state index contributed by atoms with van der Waals surface area (Å²) in [5.74, 6) is 0. The van der Waals surface area contributed by atoms with Crippen LogP contribution in [0.15, 0.2) is 45.3 Å². The van der Waals surface area contributed by atoms with Crippen LogP contribution >= 0.6 is 0 Å². The molecule has 37 heavy (non-hydrogen) atoms. The summed E-state index contributed by atoms with van der Waals surface area (Å²) in [6.45, 7) is -0.878. The number of nitrogens with one attached hydrogen (secondary N) is 2. The monoisotopic (exact) mass is 518 g/mol. The quantitative estimate of drug-likeness (QED) is 0.550. The van der Waals surface area contributed by atoms with E-state index in [0.717, 1.165) is 0 Å². The molecule has 2 aliphatic heterocycles. The number of carbonyl (C=O) groups excluding carboxylic acids is 1. The molecule has 5 rings (SSSR count). The zero-order valence-corrected chi connectivity index (χ0v) is 19.9. The first-order chi connectivity index (χ1) is 17.6. The second-order valence-electron chi connectivity index (χ2n) is 9.18. The fourth-order valence-corrected chi connectivity index (χ4v) is 4.94. The lowest BCUT2D eigenvalue weighted by Gasteiger charge is -2.32. The molecule has 1 saturated heterocycles. The molecule has 3 aromatic rings. The molecule has 0 radical (unpaired) electrons. The van der Waals surface area contributed by atoms with Gasteiger partial charge in [0.25, 0.3) is 5.56 Å². The topological polar surface area (TPSA) is 121 Å². The molecule has 11 nitrogen and oxygen atoms in total. The number of hydrogen-bond donors (Lipinski definition) is 2. The van der Waals surface area contributed by atoms with E-state index in [-0.39, 0.29) is 23.5 Å². The minimum absolute atomic E-state index is 0.153. The first kappa shape index (κ1) is 24.6. The molecule has 0 aliphatic carbocycles. The highest BCUT2D eigenvalue weighted by Gasteiger charge is 2.31. The van der Waals surface area contributed by atoms with E-state index >= 15 is 0 Å². The molecule has 0 saturated carbocycles. The Kier molecular flexibility index (Phi) is 6.25. The molecule has 3 aromatic heterocycles. The number of hydrazone groups is 1. The van der Waals surface area contributed by atoms with Gasteiger partial charge in [-0.25, -0.2) is 14.6 Å². The summed E-state index contributed by atoms with van der Waals surface area (Å²) in [6.07, 6.45) is 1.21. The minimum atomic E-state index is -4.61. The van der Waals surface area contributed by atoms with Crippen LogP contribution in [0.1, 0.15) is 36.9 Å². The van der Waals surface area contributed by atoms with Crippen molar-refractivity contribution in [2.75, 3.05) is 25.5 Å². The number of fused-ring (bicyclic) bond motifs is 1. The van der Waals surface area contributed by atoms with Gasteiger partial charge in [-0.1, -0.05) is 0 Å². The normalized spacial score (nSPS) is 18.6. The molecule has 2 amide bonds. The number of aromatic amines is 1. The van der Waals surface area contributed by atoms with Crippen LogP contribution in [0.25, 0.3) is 11.2 Å². The van der Waals surface area contributed by atoms with Gasteiger partial charge in [0, 0.05) is 51.2 Å². The number of alkyl halides is 3. The number of carbonyl (C=O) groups is 1. The van der Waals surface area contributed by atoms with Gasteiger partial charge in [0.2, 0.25) is 0 Å². The summed E-state index contributed by atoms with van der Waals surface area (Å²) in [5.41, 5.74) is 0.154. The van der Waals surface area contributed by atoms with E-state index in [9.17, 15) is 27.6 Å². The Morgan fingerprint density at radius 1 is 1.24 bits per heavy atom. The first-order valence-corrected chi connectivity index (χ1v) is 11.8. The van der Waals surface area contributed by atoms with Gasteiger partial charge in [-0.2, -0.15) is 18.3 Å². The number of pyridine rings is 2. The highest BCUT2D eigenvalue weighted by Crippen LogP contribution is 2.29. The Balaban J connectivity index is 1.33.